The molecule has 0 spiro atoms. The van der Waals surface area contributed by atoms with Crippen LogP contribution in [0.25, 0.3) is 0 Å². The van der Waals surface area contributed by atoms with Crippen LogP contribution < -0.4 is 5.32 Å². The van der Waals surface area contributed by atoms with Crippen molar-refractivity contribution in [3.63, 3.8) is 0 Å². The van der Waals surface area contributed by atoms with Gasteiger partial charge >= 0.3 is 5.97 Å². The van der Waals surface area contributed by atoms with Gasteiger partial charge in [-0.2, -0.15) is 0 Å². The van der Waals surface area contributed by atoms with Gasteiger partial charge in [0.2, 0.25) is 5.91 Å². The second-order valence-electron chi connectivity index (χ2n) is 23.9. The molecule has 6 heteroatoms. The average molecular weight is 1070 g/mol. The van der Waals surface area contributed by atoms with Gasteiger partial charge in [0.15, 0.2) is 0 Å². The van der Waals surface area contributed by atoms with Crippen LogP contribution in [-0.4, -0.2) is 47.4 Å². The van der Waals surface area contributed by atoms with Gasteiger partial charge in [0.25, 0.3) is 0 Å². The van der Waals surface area contributed by atoms with Crippen molar-refractivity contribution in [2.45, 2.75) is 398 Å². The smallest absolute Gasteiger partial charge is 0.305 e. The maximum atomic E-state index is 12.4. The molecule has 6 nitrogen and oxygen atoms in total. The van der Waals surface area contributed by atoms with Gasteiger partial charge in [0.05, 0.1) is 25.4 Å². The first-order valence-corrected chi connectivity index (χ1v) is 34.6. The Morgan fingerprint density at radius 2 is 0.618 bits per heavy atom. The lowest BCUT2D eigenvalue weighted by atomic mass is 10.0. The molecule has 0 aromatic heterocycles. The van der Waals surface area contributed by atoms with Crippen LogP contribution in [0.4, 0.5) is 0 Å². The van der Waals surface area contributed by atoms with Crippen LogP contribution in [0.3, 0.4) is 0 Å². The Labute approximate surface area is 475 Å². The molecule has 3 N–H and O–H groups in total. The molecule has 0 aromatic carbocycles. The highest BCUT2D eigenvalue weighted by atomic mass is 16.5. The number of rotatable bonds is 65. The molecular formula is C70H135NO5. The molecule has 0 aliphatic carbocycles. The summed E-state index contributed by atoms with van der Waals surface area (Å²) in [5.41, 5.74) is 0. The zero-order chi connectivity index (χ0) is 55.0. The van der Waals surface area contributed by atoms with Crippen LogP contribution in [-0.2, 0) is 14.3 Å². The van der Waals surface area contributed by atoms with Crippen molar-refractivity contribution in [2.24, 2.45) is 0 Å². The van der Waals surface area contributed by atoms with Gasteiger partial charge in [-0.3, -0.25) is 9.59 Å². The number of carbonyl (C=O) groups excluding carboxylic acids is 2. The van der Waals surface area contributed by atoms with Crippen LogP contribution in [0.15, 0.2) is 24.3 Å². The third kappa shape index (κ3) is 61.6. The molecule has 0 fully saturated rings. The van der Waals surface area contributed by atoms with E-state index in [-0.39, 0.29) is 18.5 Å². The average Bonchev–Trinajstić information content (AvgIpc) is 3.42. The second-order valence-corrected chi connectivity index (χ2v) is 23.9. The fourth-order valence-corrected chi connectivity index (χ4v) is 10.9. The first-order chi connectivity index (χ1) is 37.5. The predicted molar refractivity (Wildman–Crippen MR) is 333 cm³/mol. The number of nitrogens with one attached hydrogen (secondary N) is 1. The first-order valence-electron chi connectivity index (χ1n) is 34.6. The van der Waals surface area contributed by atoms with Gasteiger partial charge < -0.3 is 20.3 Å². The van der Waals surface area contributed by atoms with E-state index in [0.717, 1.165) is 44.9 Å². The number of aliphatic hydroxyl groups is 2. The Kier molecular flexibility index (Phi) is 64.4. The molecule has 2 atom stereocenters. The molecule has 0 radical (unpaired) electrons. The number of hydrogen-bond donors (Lipinski definition) is 3. The Morgan fingerprint density at radius 3 is 0.934 bits per heavy atom. The summed E-state index contributed by atoms with van der Waals surface area (Å²) in [5.74, 6) is -0.0193. The summed E-state index contributed by atoms with van der Waals surface area (Å²) in [6.45, 7) is 4.95. The monoisotopic (exact) mass is 1070 g/mol. The number of carbonyl (C=O) groups is 2. The molecule has 0 heterocycles. The molecule has 0 rings (SSSR count). The van der Waals surface area contributed by atoms with Gasteiger partial charge in [-0.25, -0.2) is 0 Å². The van der Waals surface area contributed by atoms with E-state index in [4.69, 9.17) is 4.74 Å². The number of esters is 1. The molecule has 1 amide bonds. The van der Waals surface area contributed by atoms with E-state index in [9.17, 15) is 19.8 Å². The Balaban J connectivity index is 3.31. The number of hydrogen-bond acceptors (Lipinski definition) is 5. The van der Waals surface area contributed by atoms with Gasteiger partial charge in [-0.1, -0.05) is 321 Å². The Bertz CT molecular complexity index is 1190. The zero-order valence-corrected chi connectivity index (χ0v) is 51.5. The molecule has 0 aliphatic heterocycles. The maximum absolute atomic E-state index is 12.4. The van der Waals surface area contributed by atoms with Crippen molar-refractivity contribution in [1.82, 2.24) is 5.32 Å². The topological polar surface area (TPSA) is 95.9 Å². The van der Waals surface area contributed by atoms with Crippen molar-refractivity contribution in [3.8, 4) is 0 Å². The molecule has 0 aromatic rings. The zero-order valence-electron chi connectivity index (χ0n) is 51.5. The van der Waals surface area contributed by atoms with E-state index in [2.05, 4.69) is 43.5 Å². The van der Waals surface area contributed by atoms with Crippen LogP contribution in [0, 0.1) is 0 Å². The second kappa shape index (κ2) is 65.9. The van der Waals surface area contributed by atoms with Crippen molar-refractivity contribution < 1.29 is 24.5 Å². The predicted octanol–water partition coefficient (Wildman–Crippen LogP) is 22.1. The van der Waals surface area contributed by atoms with Crippen molar-refractivity contribution >= 4 is 11.9 Å². The van der Waals surface area contributed by atoms with Crippen molar-refractivity contribution in [2.75, 3.05) is 13.2 Å². The van der Waals surface area contributed by atoms with Gasteiger partial charge in [-0.05, 0) is 77.0 Å². The van der Waals surface area contributed by atoms with Crippen molar-refractivity contribution in [3.05, 3.63) is 24.3 Å². The van der Waals surface area contributed by atoms with E-state index in [0.29, 0.717) is 25.9 Å². The Hall–Kier alpha value is -1.66. The van der Waals surface area contributed by atoms with Crippen LogP contribution in [0.5, 0.6) is 0 Å². The summed E-state index contributed by atoms with van der Waals surface area (Å²) in [4.78, 5) is 24.5. The fourth-order valence-electron chi connectivity index (χ4n) is 10.9. The van der Waals surface area contributed by atoms with E-state index in [1.807, 2.05) is 0 Å². The third-order valence-electron chi connectivity index (χ3n) is 16.2. The van der Waals surface area contributed by atoms with Gasteiger partial charge in [0, 0.05) is 12.8 Å². The molecule has 0 bridgehead atoms. The molecule has 450 valence electrons. The van der Waals surface area contributed by atoms with Crippen LogP contribution in [0.2, 0.25) is 0 Å². The molecule has 76 heavy (non-hydrogen) atoms. The lowest BCUT2D eigenvalue weighted by molar-refractivity contribution is -0.143. The molecule has 0 saturated carbocycles. The highest BCUT2D eigenvalue weighted by Gasteiger charge is 2.20. The van der Waals surface area contributed by atoms with E-state index in [1.54, 1.807) is 0 Å². The largest absolute Gasteiger partial charge is 0.466 e. The van der Waals surface area contributed by atoms with Crippen LogP contribution >= 0.6 is 0 Å². The minimum Gasteiger partial charge on any atom is -0.466 e. The molecule has 0 aliphatic rings. The third-order valence-corrected chi connectivity index (χ3v) is 16.2. The molecular weight excluding hydrogens is 935 g/mol. The van der Waals surface area contributed by atoms with Gasteiger partial charge in [0.1, 0.15) is 0 Å². The first kappa shape index (κ1) is 74.3. The lowest BCUT2D eigenvalue weighted by Crippen LogP contribution is -2.45. The normalized spacial score (nSPS) is 12.6. The van der Waals surface area contributed by atoms with E-state index < -0.39 is 12.1 Å². The van der Waals surface area contributed by atoms with Crippen LogP contribution in [0.1, 0.15) is 386 Å². The standard InChI is InChI=1S/C70H135NO5/c1-3-5-7-9-11-13-15-16-41-44-48-52-56-60-64-70(75)76-65-61-57-53-49-45-42-39-37-35-33-31-29-27-25-23-21-19-17-18-20-22-24-26-28-30-32-34-36-38-40-43-47-51-55-59-63-69(74)71-67(66-72)68(73)62-58-54-50-46-14-12-10-8-6-4-2/h15-16,19,21,67-68,72-73H,3-14,17-18,20,22-66H2,1-2H3,(H,71,74)/b16-15-,21-19-. The minimum atomic E-state index is -0.659. The minimum absolute atomic E-state index is 0.0120. The van der Waals surface area contributed by atoms with E-state index >= 15 is 0 Å². The summed E-state index contributed by atoms with van der Waals surface area (Å²) in [5, 5.41) is 23.2. The number of aliphatic hydroxyl groups excluding tert-OH is 2. The fraction of sp³-hybridized carbons (Fsp3) is 0.914. The quantitative estimate of drug-likeness (QED) is 0.0320. The summed E-state index contributed by atoms with van der Waals surface area (Å²) < 4.78 is 5.49. The van der Waals surface area contributed by atoms with Gasteiger partial charge in [-0.15, -0.1) is 0 Å². The maximum Gasteiger partial charge on any atom is 0.305 e. The summed E-state index contributed by atoms with van der Waals surface area (Å²) >= 11 is 0. The number of unbranched alkanes of at least 4 members (excludes halogenated alkanes) is 50. The number of allylic oxidation sites excluding steroid dienone is 4. The highest BCUT2D eigenvalue weighted by Crippen LogP contribution is 2.18. The summed E-state index contributed by atoms with van der Waals surface area (Å²) in [6.07, 6.45) is 82.4. The van der Waals surface area contributed by atoms with E-state index in [1.165, 1.54) is 308 Å². The Morgan fingerprint density at radius 1 is 0.355 bits per heavy atom. The number of ether oxygens (including phenoxy) is 1. The molecule has 2 unspecified atom stereocenters. The lowest BCUT2D eigenvalue weighted by Gasteiger charge is -2.22. The van der Waals surface area contributed by atoms with Crippen molar-refractivity contribution in [1.29, 1.82) is 0 Å². The highest BCUT2D eigenvalue weighted by molar-refractivity contribution is 5.76. The summed E-state index contributed by atoms with van der Waals surface area (Å²) in [7, 11) is 0. The summed E-state index contributed by atoms with van der Waals surface area (Å²) in [6, 6.07) is -0.536. The molecule has 0 saturated heterocycles. The number of amides is 1. The SMILES string of the molecule is CCCCCCC/C=C\CCCCCCCC(=O)OCCCCCCCCCCCCCCCC/C=C\CCCCCCCCCCCCCCCCCCCC(=O)NC(CO)C(O)CCCCCCCCCCCC.